The van der Waals surface area contributed by atoms with Gasteiger partial charge in [-0.1, -0.05) is 46.9 Å². The summed E-state index contributed by atoms with van der Waals surface area (Å²) in [6, 6.07) is 14.7. The minimum atomic E-state index is -4.74. The number of ether oxygens (including phenoxy) is 1. The van der Waals surface area contributed by atoms with Crippen molar-refractivity contribution in [1.82, 2.24) is 15.2 Å². The molecule has 1 aromatic heterocycles. The maximum absolute atomic E-state index is 12.5. The van der Waals surface area contributed by atoms with Crippen LogP contribution in [0.1, 0.15) is 16.8 Å². The van der Waals surface area contributed by atoms with Crippen molar-refractivity contribution >= 4 is 64.0 Å². The van der Waals surface area contributed by atoms with Crippen LogP contribution < -0.4 is 15.5 Å². The van der Waals surface area contributed by atoms with Crippen LogP contribution in [0.25, 0.3) is 16.8 Å². The first-order valence-corrected chi connectivity index (χ1v) is 12.9. The second-order valence-corrected chi connectivity index (χ2v) is 10.1. The molecule has 2 N–H and O–H groups in total. The first kappa shape index (κ1) is 27.3. The zero-order valence-electron chi connectivity index (χ0n) is 19.7. The van der Waals surface area contributed by atoms with Crippen molar-refractivity contribution in [2.24, 2.45) is 5.10 Å². The lowest BCUT2D eigenvalue weighted by Gasteiger charge is -2.18. The fourth-order valence-electron chi connectivity index (χ4n) is 4.24. The normalized spacial score (nSPS) is 12.7. The predicted molar refractivity (Wildman–Crippen MR) is 152 cm³/mol. The van der Waals surface area contributed by atoms with Crippen molar-refractivity contribution in [3.8, 4) is 22.6 Å². The van der Waals surface area contributed by atoms with Crippen LogP contribution in [-0.2, 0) is 12.8 Å². The molecule has 200 valence electrons. The highest BCUT2D eigenvalue weighted by atomic mass is 35.5. The van der Waals surface area contributed by atoms with Crippen molar-refractivity contribution in [2.45, 2.75) is 19.2 Å². The van der Waals surface area contributed by atoms with Crippen molar-refractivity contribution in [1.29, 1.82) is 0 Å². The molecule has 0 atom stereocenters. The second kappa shape index (κ2) is 11.1. The molecule has 3 aromatic carbocycles. The van der Waals surface area contributed by atoms with E-state index in [-0.39, 0.29) is 10.9 Å². The molecular weight excluding hydrogens is 594 g/mol. The maximum atomic E-state index is 12.5. The molecule has 0 radical (unpaired) electrons. The van der Waals surface area contributed by atoms with Gasteiger partial charge >= 0.3 is 6.36 Å². The SMILES string of the molecule is FC(F)(F)Oc1ccc(-n2ncc3c2CCc2cc(/C=N/NC(=S)Nc4c(Cl)cc(Cl)cc4Cl)ccc2-3)cc1. The number of nitrogens with one attached hydrogen (secondary N) is 2. The molecule has 0 fully saturated rings. The number of hydrazone groups is 1. The molecular formula is C26H17Cl3F3N5OS. The van der Waals surface area contributed by atoms with Crippen molar-refractivity contribution in [3.63, 3.8) is 0 Å². The standard InChI is InChI=1S/C26H17Cl3F3N5OS/c27-16-10-21(28)24(22(29)11-16)35-25(39)36-33-12-14-1-7-19-15(9-14)2-8-23-20(19)13-34-37(23)17-3-5-18(6-4-17)38-26(30,31)32/h1,3-7,9-13H,2,8H2,(H2,35,36,39)/b33-12+. The van der Waals surface area contributed by atoms with Gasteiger partial charge in [0.1, 0.15) is 5.75 Å². The van der Waals surface area contributed by atoms with Crippen molar-refractivity contribution in [3.05, 3.63) is 92.7 Å². The van der Waals surface area contributed by atoms with Crippen molar-refractivity contribution in [2.75, 3.05) is 5.32 Å². The van der Waals surface area contributed by atoms with Crippen LogP contribution >= 0.6 is 47.0 Å². The Hall–Kier alpha value is -3.31. The van der Waals surface area contributed by atoms with E-state index in [0.29, 0.717) is 32.9 Å². The molecule has 0 amide bonds. The van der Waals surface area contributed by atoms with Crippen molar-refractivity contribution < 1.29 is 17.9 Å². The van der Waals surface area contributed by atoms with Crippen LogP contribution in [-0.4, -0.2) is 27.5 Å². The number of benzene rings is 3. The number of alkyl halides is 3. The summed E-state index contributed by atoms with van der Waals surface area (Å²) in [5.74, 6) is -0.282. The third-order valence-corrected chi connectivity index (χ3v) is 6.87. The van der Waals surface area contributed by atoms with E-state index >= 15 is 0 Å². The number of nitrogens with zero attached hydrogens (tertiary/aromatic N) is 3. The molecule has 1 aliphatic carbocycles. The van der Waals surface area contributed by atoms with Gasteiger partial charge < -0.3 is 10.1 Å². The number of anilines is 1. The molecule has 0 saturated carbocycles. The number of aryl methyl sites for hydroxylation is 1. The quantitative estimate of drug-likeness (QED) is 0.137. The summed E-state index contributed by atoms with van der Waals surface area (Å²) in [5.41, 5.74) is 8.78. The van der Waals surface area contributed by atoms with Gasteiger partial charge in [-0.3, -0.25) is 5.43 Å². The van der Waals surface area contributed by atoms with E-state index < -0.39 is 6.36 Å². The van der Waals surface area contributed by atoms with Gasteiger partial charge in [0, 0.05) is 10.6 Å². The summed E-state index contributed by atoms with van der Waals surface area (Å²) in [4.78, 5) is 0. The maximum Gasteiger partial charge on any atom is 0.573 e. The number of hydrogen-bond donors (Lipinski definition) is 2. The lowest BCUT2D eigenvalue weighted by atomic mass is 9.89. The summed E-state index contributed by atoms with van der Waals surface area (Å²) >= 11 is 23.5. The molecule has 0 unspecified atom stereocenters. The first-order valence-electron chi connectivity index (χ1n) is 11.4. The third-order valence-electron chi connectivity index (χ3n) is 5.86. The molecule has 4 aromatic rings. The minimum absolute atomic E-state index is 0.199. The number of thiocarbonyl (C=S) groups is 1. The highest BCUT2D eigenvalue weighted by molar-refractivity contribution is 7.80. The lowest BCUT2D eigenvalue weighted by molar-refractivity contribution is -0.274. The van der Waals surface area contributed by atoms with Crippen LogP contribution in [0, 0.1) is 0 Å². The van der Waals surface area contributed by atoms with Gasteiger partial charge in [0.05, 0.1) is 39.5 Å². The Morgan fingerprint density at radius 1 is 1.00 bits per heavy atom. The van der Waals surface area contributed by atoms with Crippen LogP contribution in [0.5, 0.6) is 5.75 Å². The van der Waals surface area contributed by atoms with E-state index in [0.717, 1.165) is 34.4 Å². The van der Waals surface area contributed by atoms with E-state index in [4.69, 9.17) is 47.0 Å². The molecule has 1 heterocycles. The van der Waals surface area contributed by atoms with Gasteiger partial charge in [-0.2, -0.15) is 10.2 Å². The summed E-state index contributed by atoms with van der Waals surface area (Å²) in [6.07, 6.45) is 0.131. The zero-order chi connectivity index (χ0) is 27.7. The van der Waals surface area contributed by atoms with Gasteiger partial charge in [-0.15, -0.1) is 13.2 Å². The number of aromatic nitrogens is 2. The number of rotatable bonds is 5. The van der Waals surface area contributed by atoms with Gasteiger partial charge in [-0.05, 0) is 84.2 Å². The van der Waals surface area contributed by atoms with E-state index in [1.807, 2.05) is 18.2 Å². The average Bonchev–Trinajstić information content (AvgIpc) is 3.30. The monoisotopic (exact) mass is 609 g/mol. The predicted octanol–water partition coefficient (Wildman–Crippen LogP) is 7.82. The Kier molecular flexibility index (Phi) is 7.73. The molecule has 0 aliphatic heterocycles. The zero-order valence-corrected chi connectivity index (χ0v) is 22.8. The van der Waals surface area contributed by atoms with Gasteiger partial charge in [-0.25, -0.2) is 4.68 Å². The fraction of sp³-hybridized carbons (Fsp3) is 0.115. The van der Waals surface area contributed by atoms with Crippen LogP contribution in [0.3, 0.4) is 0 Å². The smallest absolute Gasteiger partial charge is 0.406 e. The Bertz CT molecular complexity index is 1570. The summed E-state index contributed by atoms with van der Waals surface area (Å²) < 4.78 is 43.1. The molecule has 0 spiro atoms. The minimum Gasteiger partial charge on any atom is -0.406 e. The average molecular weight is 611 g/mol. The first-order chi connectivity index (χ1) is 18.6. The Morgan fingerprint density at radius 2 is 1.72 bits per heavy atom. The largest absolute Gasteiger partial charge is 0.573 e. The van der Waals surface area contributed by atoms with E-state index in [1.165, 1.54) is 12.1 Å². The van der Waals surface area contributed by atoms with E-state index in [1.54, 1.807) is 41.4 Å². The highest BCUT2D eigenvalue weighted by Gasteiger charge is 2.31. The molecule has 6 nitrogen and oxygen atoms in total. The number of hydrogen-bond acceptors (Lipinski definition) is 4. The Morgan fingerprint density at radius 3 is 2.41 bits per heavy atom. The van der Waals surface area contributed by atoms with E-state index in [9.17, 15) is 13.2 Å². The number of fused-ring (bicyclic) bond motifs is 3. The Balaban J connectivity index is 1.27. The van der Waals surface area contributed by atoms with Gasteiger partial charge in [0.2, 0.25) is 0 Å². The van der Waals surface area contributed by atoms with Crippen LogP contribution in [0.15, 0.2) is 65.9 Å². The topological polar surface area (TPSA) is 63.5 Å². The molecule has 13 heteroatoms. The van der Waals surface area contributed by atoms with Crippen LogP contribution in [0.4, 0.5) is 18.9 Å². The molecule has 5 rings (SSSR count). The summed E-state index contributed by atoms with van der Waals surface area (Å²) in [6.45, 7) is 0. The van der Waals surface area contributed by atoms with Crippen LogP contribution in [0.2, 0.25) is 15.1 Å². The highest BCUT2D eigenvalue weighted by Crippen LogP contribution is 2.36. The summed E-state index contributed by atoms with van der Waals surface area (Å²) in [7, 11) is 0. The molecule has 39 heavy (non-hydrogen) atoms. The van der Waals surface area contributed by atoms with E-state index in [2.05, 4.69) is 25.7 Å². The third kappa shape index (κ3) is 6.30. The molecule has 1 aliphatic rings. The van der Waals surface area contributed by atoms with Gasteiger partial charge in [0.15, 0.2) is 5.11 Å². The second-order valence-electron chi connectivity index (χ2n) is 8.44. The lowest BCUT2D eigenvalue weighted by Crippen LogP contribution is -2.24. The van der Waals surface area contributed by atoms with Gasteiger partial charge in [0.25, 0.3) is 0 Å². The molecule has 0 bridgehead atoms. The molecule has 0 saturated heterocycles. The Labute approximate surface area is 241 Å². The summed E-state index contributed by atoms with van der Waals surface area (Å²) in [5, 5.41) is 12.8. The number of halogens is 6. The fourth-order valence-corrected chi connectivity index (χ4v) is 5.30.